The van der Waals surface area contributed by atoms with Crippen molar-refractivity contribution in [1.82, 2.24) is 4.90 Å². The SMILES string of the molecule is COc1ccc(C2CCCN2C(=N)N)c(OC)c1. The molecule has 1 aromatic carbocycles. The third-order valence-corrected chi connectivity index (χ3v) is 3.36. The van der Waals surface area contributed by atoms with E-state index in [4.69, 9.17) is 20.6 Å². The second-order valence-corrected chi connectivity index (χ2v) is 4.34. The third kappa shape index (κ3) is 2.20. The number of benzene rings is 1. The van der Waals surface area contributed by atoms with Crippen molar-refractivity contribution in [2.45, 2.75) is 18.9 Å². The molecule has 0 radical (unpaired) electrons. The number of ether oxygens (including phenoxy) is 2. The van der Waals surface area contributed by atoms with E-state index in [1.54, 1.807) is 14.2 Å². The van der Waals surface area contributed by atoms with Crippen LogP contribution in [0.3, 0.4) is 0 Å². The van der Waals surface area contributed by atoms with Gasteiger partial charge in [0.15, 0.2) is 5.96 Å². The Balaban J connectivity index is 2.35. The molecule has 1 atom stereocenters. The van der Waals surface area contributed by atoms with Crippen LogP contribution in [0, 0.1) is 5.41 Å². The van der Waals surface area contributed by atoms with E-state index >= 15 is 0 Å². The Kier molecular flexibility index (Phi) is 3.60. The zero-order chi connectivity index (χ0) is 13.1. The van der Waals surface area contributed by atoms with Gasteiger partial charge in [-0.2, -0.15) is 0 Å². The predicted molar refractivity (Wildman–Crippen MR) is 70.1 cm³/mol. The fourth-order valence-electron chi connectivity index (χ4n) is 2.47. The van der Waals surface area contributed by atoms with Gasteiger partial charge >= 0.3 is 0 Å². The molecule has 1 fully saturated rings. The van der Waals surface area contributed by atoms with Crippen molar-refractivity contribution < 1.29 is 9.47 Å². The molecule has 0 amide bonds. The molecular formula is C13H19N3O2. The predicted octanol–water partition coefficient (Wildman–Crippen LogP) is 1.73. The summed E-state index contributed by atoms with van der Waals surface area (Å²) in [6.45, 7) is 0.829. The van der Waals surface area contributed by atoms with Crippen LogP contribution in [-0.2, 0) is 0 Å². The molecule has 1 unspecified atom stereocenters. The third-order valence-electron chi connectivity index (χ3n) is 3.36. The number of hydrogen-bond acceptors (Lipinski definition) is 3. The maximum absolute atomic E-state index is 7.62. The van der Waals surface area contributed by atoms with Crippen molar-refractivity contribution in [1.29, 1.82) is 5.41 Å². The fourth-order valence-corrected chi connectivity index (χ4v) is 2.47. The molecule has 0 aliphatic carbocycles. The lowest BCUT2D eigenvalue weighted by Gasteiger charge is -2.26. The molecule has 1 aliphatic heterocycles. The first-order valence-corrected chi connectivity index (χ1v) is 6.00. The number of guanidine groups is 1. The monoisotopic (exact) mass is 249 g/mol. The molecule has 3 N–H and O–H groups in total. The number of nitrogens with one attached hydrogen (secondary N) is 1. The molecule has 18 heavy (non-hydrogen) atoms. The summed E-state index contributed by atoms with van der Waals surface area (Å²) in [5.41, 5.74) is 6.68. The van der Waals surface area contributed by atoms with Crippen LogP contribution < -0.4 is 15.2 Å². The molecule has 0 bridgehead atoms. The number of rotatable bonds is 3. The van der Waals surface area contributed by atoms with Crippen LogP contribution in [0.4, 0.5) is 0 Å². The van der Waals surface area contributed by atoms with E-state index < -0.39 is 0 Å². The maximum atomic E-state index is 7.62. The van der Waals surface area contributed by atoms with Crippen molar-refractivity contribution in [2.75, 3.05) is 20.8 Å². The highest BCUT2D eigenvalue weighted by Gasteiger charge is 2.29. The first-order valence-electron chi connectivity index (χ1n) is 6.00. The smallest absolute Gasteiger partial charge is 0.188 e. The van der Waals surface area contributed by atoms with E-state index in [1.807, 2.05) is 23.1 Å². The van der Waals surface area contributed by atoms with E-state index in [0.717, 1.165) is 36.4 Å². The summed E-state index contributed by atoms with van der Waals surface area (Å²) in [6, 6.07) is 5.90. The van der Waals surface area contributed by atoms with Crippen molar-refractivity contribution in [3.8, 4) is 11.5 Å². The molecule has 0 saturated carbocycles. The van der Waals surface area contributed by atoms with Crippen molar-refractivity contribution >= 4 is 5.96 Å². The van der Waals surface area contributed by atoms with E-state index in [-0.39, 0.29) is 12.0 Å². The van der Waals surface area contributed by atoms with E-state index in [2.05, 4.69) is 0 Å². The second kappa shape index (κ2) is 5.16. The molecule has 1 heterocycles. The Hall–Kier alpha value is -1.91. The number of hydrogen-bond donors (Lipinski definition) is 2. The highest BCUT2D eigenvalue weighted by molar-refractivity contribution is 5.75. The van der Waals surface area contributed by atoms with Gasteiger partial charge in [0.2, 0.25) is 0 Å². The van der Waals surface area contributed by atoms with Gasteiger partial charge in [-0.1, -0.05) is 0 Å². The average molecular weight is 249 g/mol. The zero-order valence-corrected chi connectivity index (χ0v) is 10.8. The quantitative estimate of drug-likeness (QED) is 0.632. The number of nitrogens with zero attached hydrogens (tertiary/aromatic N) is 1. The molecule has 5 nitrogen and oxygen atoms in total. The summed E-state index contributed by atoms with van der Waals surface area (Å²) in [5.74, 6) is 1.67. The van der Waals surface area contributed by atoms with Gasteiger partial charge in [-0.25, -0.2) is 0 Å². The Labute approximate surface area is 107 Å². The standard InChI is InChI=1S/C13H19N3O2/c1-17-9-5-6-10(12(8-9)18-2)11-4-3-7-16(11)13(14)15/h5-6,8,11H,3-4,7H2,1-2H3,(H3,14,15). The Bertz CT molecular complexity index is 448. The minimum absolute atomic E-state index is 0.121. The van der Waals surface area contributed by atoms with Crippen LogP contribution in [-0.4, -0.2) is 31.6 Å². The molecular weight excluding hydrogens is 230 g/mol. The summed E-state index contributed by atoms with van der Waals surface area (Å²) in [4.78, 5) is 1.91. The number of methoxy groups -OCH3 is 2. The first kappa shape index (κ1) is 12.5. The largest absolute Gasteiger partial charge is 0.497 e. The topological polar surface area (TPSA) is 71.6 Å². The van der Waals surface area contributed by atoms with Gasteiger partial charge in [-0.3, -0.25) is 5.41 Å². The minimum Gasteiger partial charge on any atom is -0.497 e. The van der Waals surface area contributed by atoms with Crippen molar-refractivity contribution in [2.24, 2.45) is 5.73 Å². The highest BCUT2D eigenvalue weighted by atomic mass is 16.5. The molecule has 1 aliphatic rings. The van der Waals surface area contributed by atoms with Gasteiger partial charge in [0.05, 0.1) is 20.3 Å². The number of likely N-dealkylation sites (tertiary alicyclic amines) is 1. The van der Waals surface area contributed by atoms with Crippen LogP contribution in [0.1, 0.15) is 24.4 Å². The summed E-state index contributed by atoms with van der Waals surface area (Å²) < 4.78 is 10.6. The van der Waals surface area contributed by atoms with Crippen LogP contribution in [0.15, 0.2) is 18.2 Å². The maximum Gasteiger partial charge on any atom is 0.188 e. The molecule has 0 spiro atoms. The normalized spacial score (nSPS) is 18.8. The summed E-state index contributed by atoms with van der Waals surface area (Å²) in [6.07, 6.45) is 2.03. The summed E-state index contributed by atoms with van der Waals surface area (Å²) >= 11 is 0. The van der Waals surface area contributed by atoms with Gasteiger partial charge in [0.1, 0.15) is 11.5 Å². The fraction of sp³-hybridized carbons (Fsp3) is 0.462. The lowest BCUT2D eigenvalue weighted by molar-refractivity contribution is 0.356. The van der Waals surface area contributed by atoms with Crippen LogP contribution in [0.25, 0.3) is 0 Å². The zero-order valence-electron chi connectivity index (χ0n) is 10.8. The van der Waals surface area contributed by atoms with Crippen LogP contribution >= 0.6 is 0 Å². The van der Waals surface area contributed by atoms with Gasteiger partial charge in [0, 0.05) is 18.2 Å². The van der Waals surface area contributed by atoms with E-state index in [0.29, 0.717) is 0 Å². The van der Waals surface area contributed by atoms with Gasteiger partial charge in [-0.15, -0.1) is 0 Å². The van der Waals surface area contributed by atoms with E-state index in [9.17, 15) is 0 Å². The summed E-state index contributed by atoms with van der Waals surface area (Å²) in [5, 5.41) is 7.62. The molecule has 1 aromatic rings. The van der Waals surface area contributed by atoms with Crippen molar-refractivity contribution in [3.63, 3.8) is 0 Å². The number of nitrogens with two attached hydrogens (primary N) is 1. The molecule has 98 valence electrons. The summed E-state index contributed by atoms with van der Waals surface area (Å²) in [7, 11) is 3.28. The second-order valence-electron chi connectivity index (χ2n) is 4.34. The molecule has 2 rings (SSSR count). The minimum atomic E-state index is 0.121. The Morgan fingerprint density at radius 3 is 2.78 bits per heavy atom. The van der Waals surface area contributed by atoms with E-state index in [1.165, 1.54) is 0 Å². The van der Waals surface area contributed by atoms with Gasteiger partial charge < -0.3 is 20.1 Å². The lowest BCUT2D eigenvalue weighted by Crippen LogP contribution is -2.35. The van der Waals surface area contributed by atoms with Gasteiger partial charge in [-0.05, 0) is 25.0 Å². The van der Waals surface area contributed by atoms with Gasteiger partial charge in [0.25, 0.3) is 0 Å². The van der Waals surface area contributed by atoms with Crippen LogP contribution in [0.5, 0.6) is 11.5 Å². The van der Waals surface area contributed by atoms with Crippen LogP contribution in [0.2, 0.25) is 0 Å². The lowest BCUT2D eigenvalue weighted by atomic mass is 10.0. The molecule has 1 saturated heterocycles. The first-order chi connectivity index (χ1) is 8.67. The molecule has 5 heteroatoms. The Morgan fingerprint density at radius 2 is 2.17 bits per heavy atom. The van der Waals surface area contributed by atoms with Crippen molar-refractivity contribution in [3.05, 3.63) is 23.8 Å². The molecule has 0 aromatic heterocycles. The Morgan fingerprint density at radius 1 is 1.39 bits per heavy atom. The highest BCUT2D eigenvalue weighted by Crippen LogP contribution is 2.38. The average Bonchev–Trinajstić information content (AvgIpc) is 2.87.